The Kier molecular flexibility index (Phi) is 7.94. The van der Waals surface area contributed by atoms with Crippen LogP contribution in [-0.2, 0) is 14.3 Å². The van der Waals surface area contributed by atoms with Crippen LogP contribution in [0.15, 0.2) is 78.9 Å². The molecular formula is C33H34N4O3S. The van der Waals surface area contributed by atoms with Gasteiger partial charge in [-0.15, -0.1) is 11.8 Å². The molecule has 1 fully saturated rings. The maximum atomic E-state index is 13.9. The van der Waals surface area contributed by atoms with E-state index in [1.165, 1.54) is 0 Å². The van der Waals surface area contributed by atoms with E-state index in [0.717, 1.165) is 58.6 Å². The Morgan fingerprint density at radius 3 is 2.54 bits per heavy atom. The number of aromatic nitrogens is 2. The third-order valence-electron chi connectivity index (χ3n) is 7.58. The van der Waals surface area contributed by atoms with E-state index < -0.39 is 0 Å². The molecule has 0 saturated carbocycles. The van der Waals surface area contributed by atoms with E-state index in [0.29, 0.717) is 12.4 Å². The molecule has 2 amide bonds. The number of anilines is 1. The van der Waals surface area contributed by atoms with Crippen LogP contribution in [0.5, 0.6) is 0 Å². The van der Waals surface area contributed by atoms with Crippen molar-refractivity contribution in [2.75, 3.05) is 30.3 Å². The zero-order valence-electron chi connectivity index (χ0n) is 23.4. The van der Waals surface area contributed by atoms with E-state index in [1.54, 1.807) is 16.7 Å². The Hall–Kier alpha value is -3.88. The topological polar surface area (TPSA) is 76.5 Å². The van der Waals surface area contributed by atoms with Gasteiger partial charge in [-0.25, -0.2) is 4.68 Å². The summed E-state index contributed by atoms with van der Waals surface area (Å²) in [6.07, 6.45) is 1.96. The summed E-state index contributed by atoms with van der Waals surface area (Å²) in [7, 11) is 0. The van der Waals surface area contributed by atoms with Crippen molar-refractivity contribution in [3.8, 4) is 16.9 Å². The molecule has 210 valence electrons. The molecule has 3 heterocycles. The summed E-state index contributed by atoms with van der Waals surface area (Å²) in [5.41, 5.74) is 6.89. The molecule has 4 aromatic rings. The zero-order valence-corrected chi connectivity index (χ0v) is 24.2. The number of nitrogens with one attached hydrogen (secondary N) is 1. The van der Waals surface area contributed by atoms with Gasteiger partial charge in [0, 0.05) is 24.3 Å². The molecule has 0 aliphatic carbocycles. The summed E-state index contributed by atoms with van der Waals surface area (Å²) in [6.45, 7) is 5.20. The molecule has 1 saturated heterocycles. The molecule has 7 nitrogen and oxygen atoms in total. The molecule has 2 aliphatic rings. The minimum atomic E-state index is -0.211. The highest BCUT2D eigenvalue weighted by Gasteiger charge is 2.37. The highest BCUT2D eigenvalue weighted by molar-refractivity contribution is 8.00. The van der Waals surface area contributed by atoms with Crippen molar-refractivity contribution in [3.05, 3.63) is 101 Å². The lowest BCUT2D eigenvalue weighted by Crippen LogP contribution is -2.44. The van der Waals surface area contributed by atoms with Gasteiger partial charge in [-0.2, -0.15) is 5.10 Å². The molecular weight excluding hydrogens is 532 g/mol. The molecule has 2 atom stereocenters. The molecule has 0 radical (unpaired) electrons. The van der Waals surface area contributed by atoms with Gasteiger partial charge in [0.1, 0.15) is 12.4 Å². The van der Waals surface area contributed by atoms with Crippen molar-refractivity contribution in [2.45, 2.75) is 38.0 Å². The summed E-state index contributed by atoms with van der Waals surface area (Å²) >= 11 is 1.59. The lowest BCUT2D eigenvalue weighted by molar-refractivity contribution is -0.123. The second kappa shape index (κ2) is 11.9. The molecule has 0 bridgehead atoms. The number of thioether (sulfide) groups is 1. The molecule has 0 spiro atoms. The second-order valence-electron chi connectivity index (χ2n) is 10.7. The number of hydrogen-bond acceptors (Lipinski definition) is 5. The van der Waals surface area contributed by atoms with Crippen LogP contribution in [0.2, 0.25) is 0 Å². The first-order chi connectivity index (χ1) is 20.0. The molecule has 41 heavy (non-hydrogen) atoms. The third-order valence-corrected chi connectivity index (χ3v) is 8.83. The van der Waals surface area contributed by atoms with Crippen molar-refractivity contribution in [1.82, 2.24) is 15.1 Å². The smallest absolute Gasteiger partial charge is 0.240 e. The van der Waals surface area contributed by atoms with Gasteiger partial charge in [-0.1, -0.05) is 72.3 Å². The Morgan fingerprint density at radius 1 is 1.02 bits per heavy atom. The number of nitrogens with zero attached hydrogens (tertiary/aromatic N) is 3. The number of ether oxygens (including phenoxy) is 1. The summed E-state index contributed by atoms with van der Waals surface area (Å²) < 4.78 is 7.54. The number of aryl methyl sites for hydroxylation is 2. The molecule has 6 rings (SSSR count). The minimum Gasteiger partial charge on any atom is -0.376 e. The van der Waals surface area contributed by atoms with Gasteiger partial charge >= 0.3 is 0 Å². The molecule has 8 heteroatoms. The molecule has 3 aromatic carbocycles. The number of hydrogen-bond donors (Lipinski definition) is 1. The molecule has 1 N–H and O–H groups in total. The maximum Gasteiger partial charge on any atom is 0.240 e. The number of carbonyl (C=O) groups excluding carboxylic acids is 2. The van der Waals surface area contributed by atoms with E-state index in [9.17, 15) is 9.59 Å². The zero-order chi connectivity index (χ0) is 28.3. The highest BCUT2D eigenvalue weighted by atomic mass is 32.2. The van der Waals surface area contributed by atoms with Gasteiger partial charge < -0.3 is 10.1 Å². The van der Waals surface area contributed by atoms with E-state index in [4.69, 9.17) is 9.84 Å². The van der Waals surface area contributed by atoms with Crippen molar-refractivity contribution in [1.29, 1.82) is 0 Å². The Labute approximate surface area is 244 Å². The predicted molar refractivity (Wildman–Crippen MR) is 164 cm³/mol. The molecule has 2 aliphatic heterocycles. The molecule has 1 aromatic heterocycles. The summed E-state index contributed by atoms with van der Waals surface area (Å²) in [5.74, 6) is 0.557. The fourth-order valence-electron chi connectivity index (χ4n) is 5.60. The van der Waals surface area contributed by atoms with Crippen LogP contribution in [-0.4, -0.2) is 53.1 Å². The van der Waals surface area contributed by atoms with E-state index in [2.05, 4.69) is 42.6 Å². The standard InChI is InChI=1S/C33H34N4O3S/c1-22-9-6-13-25(17-22)32-30-31(24-11-4-3-5-12-24)35-37(26-14-7-10-23(2)18-26)33(30)36(29(39)21-41-32)20-28(38)34-19-27-15-8-16-40-27/h3-7,9-14,17-18,27,32H,8,15-16,19-21H2,1-2H3,(H,34,38)/t27-,32+/m1/s1. The lowest BCUT2D eigenvalue weighted by Gasteiger charge is -2.23. The van der Waals surface area contributed by atoms with Crippen LogP contribution in [0.4, 0.5) is 5.82 Å². The quantitative estimate of drug-likeness (QED) is 0.314. The average molecular weight is 567 g/mol. The van der Waals surface area contributed by atoms with E-state index in [1.807, 2.05) is 60.1 Å². The number of carbonyl (C=O) groups is 2. The third kappa shape index (κ3) is 5.80. The Balaban J connectivity index is 1.52. The van der Waals surface area contributed by atoms with Gasteiger partial charge in [0.25, 0.3) is 0 Å². The number of benzene rings is 3. The van der Waals surface area contributed by atoms with Crippen LogP contribution in [0.25, 0.3) is 16.9 Å². The van der Waals surface area contributed by atoms with Crippen molar-refractivity contribution < 1.29 is 14.3 Å². The first kappa shape index (κ1) is 27.3. The van der Waals surface area contributed by atoms with Crippen LogP contribution in [0.3, 0.4) is 0 Å². The van der Waals surface area contributed by atoms with E-state index >= 15 is 0 Å². The van der Waals surface area contributed by atoms with Gasteiger partial charge in [-0.3, -0.25) is 14.5 Å². The van der Waals surface area contributed by atoms with Crippen LogP contribution >= 0.6 is 11.8 Å². The second-order valence-corrected chi connectivity index (χ2v) is 11.8. The first-order valence-corrected chi connectivity index (χ1v) is 15.1. The summed E-state index contributed by atoms with van der Waals surface area (Å²) in [4.78, 5) is 28.8. The van der Waals surface area contributed by atoms with Crippen molar-refractivity contribution in [2.24, 2.45) is 0 Å². The SMILES string of the molecule is Cc1cccc([C@@H]2SCC(=O)N(CC(=O)NC[C@H]3CCCO3)c3c2c(-c2ccccc2)nn3-c2cccc(C)c2)c1. The van der Waals surface area contributed by atoms with Gasteiger partial charge in [0.15, 0.2) is 0 Å². The highest BCUT2D eigenvalue weighted by Crippen LogP contribution is 2.48. The Morgan fingerprint density at radius 2 is 1.80 bits per heavy atom. The van der Waals surface area contributed by atoms with E-state index in [-0.39, 0.29) is 35.5 Å². The normalized spacial score (nSPS) is 18.7. The van der Waals surface area contributed by atoms with Gasteiger partial charge in [0.2, 0.25) is 11.8 Å². The Bertz CT molecular complexity index is 1560. The first-order valence-electron chi connectivity index (χ1n) is 14.1. The van der Waals surface area contributed by atoms with Crippen LogP contribution in [0.1, 0.15) is 40.3 Å². The summed E-state index contributed by atoms with van der Waals surface area (Å²) in [5, 5.41) is 8.03. The minimum absolute atomic E-state index is 0.0260. The van der Waals surface area contributed by atoms with Crippen molar-refractivity contribution in [3.63, 3.8) is 0 Å². The average Bonchev–Trinajstić information content (AvgIpc) is 3.61. The number of rotatable bonds is 7. The maximum absolute atomic E-state index is 13.9. The largest absolute Gasteiger partial charge is 0.376 e. The number of amides is 2. The molecule has 0 unspecified atom stereocenters. The van der Waals surface area contributed by atoms with Crippen molar-refractivity contribution >= 4 is 29.4 Å². The van der Waals surface area contributed by atoms with Crippen LogP contribution < -0.4 is 10.2 Å². The number of fused-ring (bicyclic) bond motifs is 1. The van der Waals surface area contributed by atoms with Crippen LogP contribution in [0, 0.1) is 13.8 Å². The van der Waals surface area contributed by atoms with Gasteiger partial charge in [-0.05, 0) is 49.9 Å². The fraction of sp³-hybridized carbons (Fsp3) is 0.303. The predicted octanol–water partition coefficient (Wildman–Crippen LogP) is 5.62. The fourth-order valence-corrected chi connectivity index (χ4v) is 6.78. The van der Waals surface area contributed by atoms with Gasteiger partial charge in [0.05, 0.1) is 28.5 Å². The monoisotopic (exact) mass is 566 g/mol. The lowest BCUT2D eigenvalue weighted by atomic mass is 9.98. The summed E-state index contributed by atoms with van der Waals surface area (Å²) in [6, 6.07) is 26.6.